The summed E-state index contributed by atoms with van der Waals surface area (Å²) >= 11 is 0. The van der Waals surface area contributed by atoms with Gasteiger partial charge in [0.1, 0.15) is 0 Å². The molecule has 0 aliphatic carbocycles. The van der Waals surface area contributed by atoms with E-state index in [9.17, 15) is 0 Å². The van der Waals surface area contributed by atoms with Crippen molar-refractivity contribution in [2.24, 2.45) is 0 Å². The number of hydrogen-bond donors (Lipinski definition) is 2. The Balaban J connectivity index is 2.53. The van der Waals surface area contributed by atoms with E-state index in [4.69, 9.17) is 5.02 Å². The van der Waals surface area contributed by atoms with E-state index in [1.54, 1.807) is 0 Å². The second kappa shape index (κ2) is 6.98. The Morgan fingerprint density at radius 1 is 1.50 bits per heavy atom. The molecule has 2 nitrogen and oxygen atoms in total. The molecule has 0 heterocycles. The predicted molar refractivity (Wildman–Crippen MR) is 35.9 cm³/mol. The largest absolute Gasteiger partial charge is 0.454 e. The Hall–Kier alpha value is -0.0151. The highest BCUT2D eigenvalue weighted by Crippen LogP contribution is 1.72. The normalized spacial score (nSPS) is 9.25. The molecular formula is C5H13BNO. The Bertz CT molecular complexity index is 37.4. The molecule has 0 fully saturated rings. The van der Waals surface area contributed by atoms with Crippen molar-refractivity contribution in [2.75, 3.05) is 13.1 Å². The summed E-state index contributed by atoms with van der Waals surface area (Å²) in [6, 6.07) is 0. The fourth-order valence-corrected chi connectivity index (χ4v) is 0.468. The first kappa shape index (κ1) is 7.98. The molecular weight excluding hydrogens is 101 g/mol. The van der Waals surface area contributed by atoms with Crippen LogP contribution >= 0.6 is 0 Å². The molecule has 0 aliphatic heterocycles. The smallest absolute Gasteiger partial charge is 0.288 e. The van der Waals surface area contributed by atoms with E-state index in [2.05, 4.69) is 12.2 Å². The second-order valence-electron chi connectivity index (χ2n) is 1.72. The van der Waals surface area contributed by atoms with Gasteiger partial charge in [-0.1, -0.05) is 6.92 Å². The average Bonchev–Trinajstić information content (AvgIpc) is 1.81. The van der Waals surface area contributed by atoms with Crippen LogP contribution in [0, 0.1) is 0 Å². The molecule has 0 unspecified atom stereocenters. The first-order valence-corrected chi connectivity index (χ1v) is 3.08. The van der Waals surface area contributed by atoms with Crippen molar-refractivity contribution in [2.45, 2.75) is 19.7 Å². The van der Waals surface area contributed by atoms with Gasteiger partial charge in [0.2, 0.25) is 0 Å². The molecule has 0 aliphatic rings. The lowest BCUT2D eigenvalue weighted by molar-refractivity contribution is 0.591. The molecule has 0 saturated heterocycles. The van der Waals surface area contributed by atoms with Crippen LogP contribution in [0.4, 0.5) is 0 Å². The topological polar surface area (TPSA) is 32.3 Å². The third-order valence-corrected chi connectivity index (χ3v) is 0.877. The minimum atomic E-state index is 0.750. The van der Waals surface area contributed by atoms with Gasteiger partial charge in [-0.25, -0.2) is 0 Å². The standard InChI is InChI=1S/C5H13BNO/c1-2-4-7-5-3-6-8/h7-8H,2-5H2,1H3. The van der Waals surface area contributed by atoms with Crippen molar-refractivity contribution in [1.82, 2.24) is 5.32 Å². The summed E-state index contributed by atoms with van der Waals surface area (Å²) < 4.78 is 0. The van der Waals surface area contributed by atoms with E-state index in [-0.39, 0.29) is 0 Å². The lowest BCUT2D eigenvalue weighted by Gasteiger charge is -1.96. The van der Waals surface area contributed by atoms with Crippen molar-refractivity contribution in [3.05, 3.63) is 0 Å². The molecule has 0 saturated carbocycles. The lowest BCUT2D eigenvalue weighted by atomic mass is 9.97. The first-order chi connectivity index (χ1) is 3.91. The quantitative estimate of drug-likeness (QED) is 0.390. The van der Waals surface area contributed by atoms with E-state index < -0.39 is 0 Å². The van der Waals surface area contributed by atoms with Gasteiger partial charge in [0.25, 0.3) is 7.48 Å². The zero-order chi connectivity index (χ0) is 6.24. The van der Waals surface area contributed by atoms with E-state index >= 15 is 0 Å². The van der Waals surface area contributed by atoms with Gasteiger partial charge in [-0.05, 0) is 25.8 Å². The molecule has 8 heavy (non-hydrogen) atoms. The molecule has 0 rings (SSSR count). The van der Waals surface area contributed by atoms with E-state index in [0.717, 1.165) is 25.8 Å². The van der Waals surface area contributed by atoms with Crippen LogP contribution in [0.15, 0.2) is 0 Å². The summed E-state index contributed by atoms with van der Waals surface area (Å²) in [7, 11) is 1.18. The van der Waals surface area contributed by atoms with Gasteiger partial charge >= 0.3 is 0 Å². The van der Waals surface area contributed by atoms with Gasteiger partial charge in [0.15, 0.2) is 0 Å². The van der Waals surface area contributed by atoms with Crippen LogP contribution in [-0.2, 0) is 0 Å². The first-order valence-electron chi connectivity index (χ1n) is 3.08. The predicted octanol–water partition coefficient (Wildman–Crippen LogP) is 0.0158. The zero-order valence-electron chi connectivity index (χ0n) is 5.35. The minimum absolute atomic E-state index is 0.750. The van der Waals surface area contributed by atoms with Gasteiger partial charge in [-0.3, -0.25) is 0 Å². The molecule has 0 amide bonds. The fraction of sp³-hybridized carbons (Fsp3) is 1.00. The van der Waals surface area contributed by atoms with Crippen LogP contribution in [-0.4, -0.2) is 25.6 Å². The molecule has 0 atom stereocenters. The summed E-state index contributed by atoms with van der Waals surface area (Å²) in [5.74, 6) is 0. The third-order valence-electron chi connectivity index (χ3n) is 0.877. The Morgan fingerprint density at radius 3 is 2.75 bits per heavy atom. The van der Waals surface area contributed by atoms with Gasteiger partial charge in [0.05, 0.1) is 0 Å². The monoisotopic (exact) mass is 114 g/mol. The summed E-state index contributed by atoms with van der Waals surface area (Å²) in [6.45, 7) is 4.06. The number of nitrogens with one attached hydrogen (secondary N) is 1. The third kappa shape index (κ3) is 5.98. The van der Waals surface area contributed by atoms with Gasteiger partial charge in [-0.15, -0.1) is 0 Å². The number of hydrogen-bond acceptors (Lipinski definition) is 2. The molecule has 2 N–H and O–H groups in total. The highest BCUT2D eigenvalue weighted by atomic mass is 16.2. The molecule has 47 valence electrons. The molecule has 1 radical (unpaired) electrons. The molecule has 0 aromatic heterocycles. The van der Waals surface area contributed by atoms with Crippen molar-refractivity contribution < 1.29 is 5.02 Å². The van der Waals surface area contributed by atoms with Crippen LogP contribution in [0.25, 0.3) is 0 Å². The minimum Gasteiger partial charge on any atom is -0.454 e. The van der Waals surface area contributed by atoms with E-state index in [1.165, 1.54) is 7.48 Å². The van der Waals surface area contributed by atoms with Crippen molar-refractivity contribution >= 4 is 7.48 Å². The highest BCUT2D eigenvalue weighted by Gasteiger charge is 1.84. The van der Waals surface area contributed by atoms with Gasteiger partial charge < -0.3 is 10.3 Å². The van der Waals surface area contributed by atoms with E-state index in [0.29, 0.717) is 0 Å². The Kier molecular flexibility index (Phi) is 6.97. The second-order valence-corrected chi connectivity index (χ2v) is 1.72. The summed E-state index contributed by atoms with van der Waals surface area (Å²) in [5.41, 5.74) is 0. The van der Waals surface area contributed by atoms with Crippen LogP contribution in [0.5, 0.6) is 0 Å². The maximum atomic E-state index is 8.20. The van der Waals surface area contributed by atoms with Crippen molar-refractivity contribution in [1.29, 1.82) is 0 Å². The van der Waals surface area contributed by atoms with Crippen LogP contribution in [0.1, 0.15) is 13.3 Å². The average molecular weight is 114 g/mol. The van der Waals surface area contributed by atoms with Crippen LogP contribution in [0.3, 0.4) is 0 Å². The Morgan fingerprint density at radius 2 is 2.25 bits per heavy atom. The SMILES string of the molecule is CCCNCC[B]O. The van der Waals surface area contributed by atoms with Crippen molar-refractivity contribution in [3.63, 3.8) is 0 Å². The molecule has 0 bridgehead atoms. The zero-order valence-corrected chi connectivity index (χ0v) is 5.35. The molecule has 0 aromatic carbocycles. The highest BCUT2D eigenvalue weighted by molar-refractivity contribution is 6.25. The van der Waals surface area contributed by atoms with Gasteiger partial charge in [0, 0.05) is 0 Å². The summed E-state index contributed by atoms with van der Waals surface area (Å²) in [5, 5.41) is 11.3. The summed E-state index contributed by atoms with van der Waals surface area (Å²) in [4.78, 5) is 0. The Labute approximate surface area is 51.6 Å². The molecule has 0 aromatic rings. The number of rotatable bonds is 5. The fourth-order valence-electron chi connectivity index (χ4n) is 0.468. The maximum absolute atomic E-state index is 8.20. The molecule has 3 heteroatoms. The van der Waals surface area contributed by atoms with Crippen LogP contribution < -0.4 is 5.32 Å². The van der Waals surface area contributed by atoms with E-state index in [1.807, 2.05) is 0 Å². The van der Waals surface area contributed by atoms with Crippen molar-refractivity contribution in [3.8, 4) is 0 Å². The van der Waals surface area contributed by atoms with Crippen LogP contribution in [0.2, 0.25) is 6.32 Å². The van der Waals surface area contributed by atoms with Gasteiger partial charge in [-0.2, -0.15) is 0 Å². The lowest BCUT2D eigenvalue weighted by Crippen LogP contribution is -2.16. The molecule has 0 spiro atoms. The summed E-state index contributed by atoms with van der Waals surface area (Å²) in [6.07, 6.45) is 1.91. The maximum Gasteiger partial charge on any atom is 0.288 e.